The number of nitrogens with one attached hydrogen (secondary N) is 1. The Morgan fingerprint density at radius 3 is 2.81 bits per heavy atom. The van der Waals surface area contributed by atoms with Crippen LogP contribution in [0.3, 0.4) is 0 Å². The number of hydrogen-bond acceptors (Lipinski definition) is 4. The minimum Gasteiger partial charge on any atom is -0.379 e. The minimum atomic E-state index is 0.319. The first-order valence-electron chi connectivity index (χ1n) is 9.03. The predicted molar refractivity (Wildman–Crippen MR) is 86.5 cm³/mol. The molecule has 2 fully saturated rings. The first-order chi connectivity index (χ1) is 10.4. The van der Waals surface area contributed by atoms with Gasteiger partial charge in [-0.15, -0.1) is 0 Å². The quantitative estimate of drug-likeness (QED) is 0.629. The van der Waals surface area contributed by atoms with Gasteiger partial charge in [0.1, 0.15) is 6.23 Å². The van der Waals surface area contributed by atoms with Gasteiger partial charge in [0.05, 0.1) is 13.2 Å². The van der Waals surface area contributed by atoms with Crippen molar-refractivity contribution in [3.8, 4) is 0 Å². The van der Waals surface area contributed by atoms with Crippen LogP contribution in [0.15, 0.2) is 0 Å². The van der Waals surface area contributed by atoms with Crippen LogP contribution in [-0.4, -0.2) is 57.1 Å². The summed E-state index contributed by atoms with van der Waals surface area (Å²) in [5, 5.41) is 3.52. The van der Waals surface area contributed by atoms with E-state index in [2.05, 4.69) is 17.1 Å². The van der Waals surface area contributed by atoms with E-state index in [0.29, 0.717) is 6.23 Å². The summed E-state index contributed by atoms with van der Waals surface area (Å²) in [6, 6.07) is 0. The van der Waals surface area contributed by atoms with Crippen LogP contribution in [0.4, 0.5) is 0 Å². The zero-order valence-corrected chi connectivity index (χ0v) is 13.8. The molecule has 0 spiro atoms. The second-order valence-corrected chi connectivity index (χ2v) is 6.53. The Morgan fingerprint density at radius 2 is 2.00 bits per heavy atom. The SMILES string of the molecule is CCCCCC1CNC(OCCCCN2CCOCC2)C1. The van der Waals surface area contributed by atoms with Crippen LogP contribution < -0.4 is 5.32 Å². The van der Waals surface area contributed by atoms with Crippen LogP contribution in [0.5, 0.6) is 0 Å². The minimum absolute atomic E-state index is 0.319. The molecule has 4 heteroatoms. The Hall–Kier alpha value is -0.160. The molecule has 0 bridgehead atoms. The molecule has 0 aromatic rings. The second kappa shape index (κ2) is 10.5. The highest BCUT2D eigenvalue weighted by Crippen LogP contribution is 2.21. The number of hydrogen-bond donors (Lipinski definition) is 1. The highest BCUT2D eigenvalue weighted by Gasteiger charge is 2.23. The van der Waals surface area contributed by atoms with E-state index in [4.69, 9.17) is 9.47 Å². The normalized spacial score (nSPS) is 27.3. The fourth-order valence-corrected chi connectivity index (χ4v) is 3.29. The Morgan fingerprint density at radius 1 is 1.14 bits per heavy atom. The number of rotatable bonds is 10. The molecular weight excluding hydrogens is 264 g/mol. The molecule has 0 radical (unpaired) electrons. The van der Waals surface area contributed by atoms with Crippen molar-refractivity contribution in [2.75, 3.05) is 46.0 Å². The Kier molecular flexibility index (Phi) is 8.64. The fraction of sp³-hybridized carbons (Fsp3) is 1.00. The summed E-state index contributed by atoms with van der Waals surface area (Å²) in [6.45, 7) is 9.55. The average molecular weight is 298 g/mol. The molecule has 2 heterocycles. The van der Waals surface area contributed by atoms with Crippen LogP contribution in [0, 0.1) is 5.92 Å². The monoisotopic (exact) mass is 298 g/mol. The van der Waals surface area contributed by atoms with Crippen LogP contribution >= 0.6 is 0 Å². The molecule has 0 aromatic carbocycles. The molecule has 124 valence electrons. The third kappa shape index (κ3) is 7.09. The summed E-state index contributed by atoms with van der Waals surface area (Å²) >= 11 is 0. The zero-order chi connectivity index (χ0) is 14.8. The molecule has 2 aliphatic heterocycles. The maximum atomic E-state index is 5.97. The van der Waals surface area contributed by atoms with Crippen LogP contribution in [0.1, 0.15) is 51.9 Å². The van der Waals surface area contributed by atoms with E-state index in [-0.39, 0.29) is 0 Å². The fourth-order valence-electron chi connectivity index (χ4n) is 3.29. The molecule has 4 nitrogen and oxygen atoms in total. The van der Waals surface area contributed by atoms with E-state index < -0.39 is 0 Å². The van der Waals surface area contributed by atoms with Crippen molar-refractivity contribution < 1.29 is 9.47 Å². The van der Waals surface area contributed by atoms with Crippen LogP contribution in [0.2, 0.25) is 0 Å². The van der Waals surface area contributed by atoms with E-state index in [0.717, 1.165) is 45.4 Å². The molecule has 2 aliphatic rings. The van der Waals surface area contributed by atoms with Gasteiger partial charge in [-0.25, -0.2) is 0 Å². The number of unbranched alkanes of at least 4 members (excludes halogenated alkanes) is 3. The standard InChI is InChI=1S/C17H34N2O2/c1-2-3-4-7-16-14-17(18-15-16)21-11-6-5-8-19-9-12-20-13-10-19/h16-18H,2-15H2,1H3. The molecule has 0 amide bonds. The summed E-state index contributed by atoms with van der Waals surface area (Å²) in [6.07, 6.45) is 9.41. The van der Waals surface area contributed by atoms with Gasteiger partial charge in [-0.05, 0) is 38.1 Å². The van der Waals surface area contributed by atoms with Crippen molar-refractivity contribution in [2.45, 2.75) is 58.1 Å². The van der Waals surface area contributed by atoms with Gasteiger partial charge >= 0.3 is 0 Å². The molecular formula is C17H34N2O2. The lowest BCUT2D eigenvalue weighted by Crippen LogP contribution is -2.36. The first-order valence-corrected chi connectivity index (χ1v) is 9.03. The van der Waals surface area contributed by atoms with Gasteiger partial charge in [-0.1, -0.05) is 26.2 Å². The summed E-state index contributed by atoms with van der Waals surface area (Å²) in [5.74, 6) is 0.842. The third-order valence-corrected chi connectivity index (χ3v) is 4.69. The molecule has 1 N–H and O–H groups in total. The number of nitrogens with zero attached hydrogens (tertiary/aromatic N) is 1. The smallest absolute Gasteiger partial charge is 0.108 e. The lowest BCUT2D eigenvalue weighted by molar-refractivity contribution is 0.0265. The molecule has 0 aromatic heterocycles. The van der Waals surface area contributed by atoms with Crippen molar-refractivity contribution >= 4 is 0 Å². The van der Waals surface area contributed by atoms with Gasteiger partial charge < -0.3 is 9.47 Å². The van der Waals surface area contributed by atoms with Crippen molar-refractivity contribution in [1.82, 2.24) is 10.2 Å². The first kappa shape index (κ1) is 17.2. The van der Waals surface area contributed by atoms with Gasteiger partial charge in [-0.3, -0.25) is 10.2 Å². The molecule has 2 unspecified atom stereocenters. The van der Waals surface area contributed by atoms with E-state index >= 15 is 0 Å². The lowest BCUT2D eigenvalue weighted by Gasteiger charge is -2.26. The van der Waals surface area contributed by atoms with Crippen molar-refractivity contribution in [3.05, 3.63) is 0 Å². The molecule has 2 rings (SSSR count). The summed E-state index contributed by atoms with van der Waals surface area (Å²) in [4.78, 5) is 2.50. The van der Waals surface area contributed by atoms with Crippen molar-refractivity contribution in [2.24, 2.45) is 5.92 Å². The average Bonchev–Trinajstić information content (AvgIpc) is 2.96. The van der Waals surface area contributed by atoms with Gasteiger partial charge in [-0.2, -0.15) is 0 Å². The molecule has 0 aliphatic carbocycles. The largest absolute Gasteiger partial charge is 0.379 e. The summed E-state index contributed by atoms with van der Waals surface area (Å²) in [7, 11) is 0. The van der Waals surface area contributed by atoms with Gasteiger partial charge in [0.25, 0.3) is 0 Å². The second-order valence-electron chi connectivity index (χ2n) is 6.53. The highest BCUT2D eigenvalue weighted by atomic mass is 16.5. The summed E-state index contributed by atoms with van der Waals surface area (Å²) < 4.78 is 11.3. The Balaban J connectivity index is 1.42. The zero-order valence-electron chi connectivity index (χ0n) is 13.8. The molecule has 2 atom stereocenters. The molecule has 21 heavy (non-hydrogen) atoms. The maximum absolute atomic E-state index is 5.97. The number of ether oxygens (including phenoxy) is 2. The number of morpholine rings is 1. The Bertz CT molecular complexity index is 257. The topological polar surface area (TPSA) is 33.7 Å². The molecule has 0 saturated carbocycles. The predicted octanol–water partition coefficient (Wildman–Crippen LogP) is 2.63. The van der Waals surface area contributed by atoms with E-state index in [1.54, 1.807) is 0 Å². The van der Waals surface area contributed by atoms with Gasteiger partial charge in [0.2, 0.25) is 0 Å². The third-order valence-electron chi connectivity index (χ3n) is 4.69. The van der Waals surface area contributed by atoms with Crippen molar-refractivity contribution in [1.29, 1.82) is 0 Å². The summed E-state index contributed by atoms with van der Waals surface area (Å²) in [5.41, 5.74) is 0. The van der Waals surface area contributed by atoms with Gasteiger partial charge in [0, 0.05) is 26.2 Å². The Labute approximate surface area is 130 Å². The highest BCUT2D eigenvalue weighted by molar-refractivity contribution is 4.75. The van der Waals surface area contributed by atoms with Crippen LogP contribution in [-0.2, 0) is 9.47 Å². The van der Waals surface area contributed by atoms with E-state index in [9.17, 15) is 0 Å². The van der Waals surface area contributed by atoms with E-state index in [1.165, 1.54) is 51.5 Å². The van der Waals surface area contributed by atoms with Crippen LogP contribution in [0.25, 0.3) is 0 Å². The molecule has 2 saturated heterocycles. The van der Waals surface area contributed by atoms with E-state index in [1.807, 2.05) is 0 Å². The van der Waals surface area contributed by atoms with Crippen molar-refractivity contribution in [3.63, 3.8) is 0 Å². The van der Waals surface area contributed by atoms with Gasteiger partial charge in [0.15, 0.2) is 0 Å². The lowest BCUT2D eigenvalue weighted by atomic mass is 10.0. The maximum Gasteiger partial charge on any atom is 0.108 e.